The molecule has 0 aromatic heterocycles. The molecule has 5 heteroatoms. The second kappa shape index (κ2) is 6.29. The second-order valence-corrected chi connectivity index (χ2v) is 6.34. The molecule has 3 aromatic rings. The fourth-order valence-corrected chi connectivity index (χ4v) is 3.59. The maximum Gasteiger partial charge on any atom is 0.201 e. The molecule has 3 aromatic carbocycles. The van der Waals surface area contributed by atoms with E-state index in [1.165, 1.54) is 12.1 Å². The third kappa shape index (κ3) is 2.56. The number of methoxy groups -OCH3 is 1. The molecule has 0 saturated heterocycles. The average molecular weight is 360 g/mol. The first-order chi connectivity index (χ1) is 13.0. The van der Waals surface area contributed by atoms with Crippen LogP contribution in [0.1, 0.15) is 43.3 Å². The van der Waals surface area contributed by atoms with Gasteiger partial charge < -0.3 is 14.9 Å². The number of carbonyl (C=O) groups is 2. The Morgan fingerprint density at radius 3 is 1.85 bits per heavy atom. The molecule has 0 bridgehead atoms. The standard InChI is InChI=1S/C22H16O5/c1-27-13-10-8-12(9-11-13)21(25)18-14-4-2-6-16(23)19(14)22(26)20-15(18)5-3-7-17(20)24/h2-11,18,23-24H,1H3. The number of phenols is 2. The average Bonchev–Trinajstić information content (AvgIpc) is 2.68. The summed E-state index contributed by atoms with van der Waals surface area (Å²) in [6.45, 7) is 0. The number of hydrogen-bond acceptors (Lipinski definition) is 5. The Balaban J connectivity index is 1.94. The van der Waals surface area contributed by atoms with Crippen molar-refractivity contribution >= 4 is 11.6 Å². The monoisotopic (exact) mass is 360 g/mol. The molecule has 1 aliphatic carbocycles. The molecule has 0 radical (unpaired) electrons. The van der Waals surface area contributed by atoms with E-state index in [0.717, 1.165) is 0 Å². The van der Waals surface area contributed by atoms with E-state index >= 15 is 0 Å². The summed E-state index contributed by atoms with van der Waals surface area (Å²) < 4.78 is 5.13. The fourth-order valence-electron chi connectivity index (χ4n) is 3.59. The van der Waals surface area contributed by atoms with Crippen molar-refractivity contribution in [2.24, 2.45) is 0 Å². The lowest BCUT2D eigenvalue weighted by Crippen LogP contribution is -2.25. The van der Waals surface area contributed by atoms with Gasteiger partial charge in [-0.1, -0.05) is 24.3 Å². The van der Waals surface area contributed by atoms with E-state index in [0.29, 0.717) is 22.4 Å². The van der Waals surface area contributed by atoms with Crippen molar-refractivity contribution in [2.45, 2.75) is 5.92 Å². The van der Waals surface area contributed by atoms with Crippen LogP contribution in [0.4, 0.5) is 0 Å². The van der Waals surface area contributed by atoms with Crippen molar-refractivity contribution < 1.29 is 24.5 Å². The first kappa shape index (κ1) is 16.8. The van der Waals surface area contributed by atoms with Crippen molar-refractivity contribution in [3.8, 4) is 17.2 Å². The second-order valence-electron chi connectivity index (χ2n) is 6.34. The van der Waals surface area contributed by atoms with Crippen LogP contribution >= 0.6 is 0 Å². The quantitative estimate of drug-likeness (QED) is 0.697. The van der Waals surface area contributed by atoms with Crippen LogP contribution in [-0.4, -0.2) is 28.9 Å². The van der Waals surface area contributed by atoms with E-state index in [2.05, 4.69) is 0 Å². The van der Waals surface area contributed by atoms with Gasteiger partial charge in [0.1, 0.15) is 17.2 Å². The minimum atomic E-state index is -0.805. The van der Waals surface area contributed by atoms with Gasteiger partial charge in [-0.25, -0.2) is 0 Å². The Labute approximate surface area is 155 Å². The Kier molecular flexibility index (Phi) is 3.92. The summed E-state index contributed by atoms with van der Waals surface area (Å²) in [6.07, 6.45) is 0. The Morgan fingerprint density at radius 1 is 0.852 bits per heavy atom. The number of carbonyl (C=O) groups excluding carboxylic acids is 2. The van der Waals surface area contributed by atoms with Gasteiger partial charge in [-0.3, -0.25) is 9.59 Å². The number of hydrogen-bond donors (Lipinski definition) is 2. The van der Waals surface area contributed by atoms with Crippen LogP contribution in [0.2, 0.25) is 0 Å². The van der Waals surface area contributed by atoms with Crippen molar-refractivity contribution in [1.29, 1.82) is 0 Å². The highest BCUT2D eigenvalue weighted by atomic mass is 16.5. The van der Waals surface area contributed by atoms with Crippen LogP contribution in [0.25, 0.3) is 0 Å². The number of ether oxygens (including phenoxy) is 1. The smallest absolute Gasteiger partial charge is 0.201 e. The van der Waals surface area contributed by atoms with Crippen molar-refractivity contribution in [3.05, 3.63) is 88.5 Å². The molecule has 0 aliphatic heterocycles. The number of phenolic OH excluding ortho intramolecular Hbond substituents is 2. The fraction of sp³-hybridized carbons (Fsp3) is 0.0909. The summed E-state index contributed by atoms with van der Waals surface area (Å²) in [7, 11) is 1.54. The molecule has 0 unspecified atom stereocenters. The number of aromatic hydroxyl groups is 2. The van der Waals surface area contributed by atoms with Crippen molar-refractivity contribution in [2.75, 3.05) is 7.11 Å². The Hall–Kier alpha value is -3.60. The lowest BCUT2D eigenvalue weighted by Gasteiger charge is -2.27. The highest BCUT2D eigenvalue weighted by molar-refractivity contribution is 6.19. The topological polar surface area (TPSA) is 83.8 Å². The largest absolute Gasteiger partial charge is 0.507 e. The van der Waals surface area contributed by atoms with E-state index in [9.17, 15) is 19.8 Å². The van der Waals surface area contributed by atoms with Gasteiger partial charge in [-0.15, -0.1) is 0 Å². The van der Waals surface area contributed by atoms with Crippen LogP contribution in [0.15, 0.2) is 60.7 Å². The molecule has 0 atom stereocenters. The van der Waals surface area contributed by atoms with Crippen LogP contribution in [0.5, 0.6) is 17.2 Å². The van der Waals surface area contributed by atoms with Crippen LogP contribution in [-0.2, 0) is 0 Å². The van der Waals surface area contributed by atoms with Gasteiger partial charge in [0.15, 0.2) is 5.78 Å². The van der Waals surface area contributed by atoms with E-state index in [4.69, 9.17) is 4.74 Å². The molecular weight excluding hydrogens is 344 g/mol. The Bertz CT molecular complexity index is 1010. The van der Waals surface area contributed by atoms with E-state index in [1.807, 2.05) is 0 Å². The van der Waals surface area contributed by atoms with Gasteiger partial charge >= 0.3 is 0 Å². The summed E-state index contributed by atoms with van der Waals surface area (Å²) in [5.41, 5.74) is 1.41. The summed E-state index contributed by atoms with van der Waals surface area (Å²) in [4.78, 5) is 26.2. The highest BCUT2D eigenvalue weighted by Crippen LogP contribution is 2.44. The number of Topliss-reactive ketones (excluding diaryl/α,β-unsaturated/α-hetero) is 1. The third-order valence-corrected chi connectivity index (χ3v) is 4.86. The molecule has 0 spiro atoms. The zero-order chi connectivity index (χ0) is 19.1. The van der Waals surface area contributed by atoms with E-state index in [-0.39, 0.29) is 28.4 Å². The molecule has 0 saturated carbocycles. The molecule has 2 N–H and O–H groups in total. The van der Waals surface area contributed by atoms with Gasteiger partial charge in [0.05, 0.1) is 24.2 Å². The molecule has 0 fully saturated rings. The molecule has 5 nitrogen and oxygen atoms in total. The van der Waals surface area contributed by atoms with Gasteiger partial charge in [0, 0.05) is 5.56 Å². The number of ketones is 2. The van der Waals surface area contributed by atoms with Gasteiger partial charge in [0.2, 0.25) is 5.78 Å². The summed E-state index contributed by atoms with van der Waals surface area (Å²) in [5, 5.41) is 20.5. The number of rotatable bonds is 3. The normalized spacial score (nSPS) is 13.0. The number of fused-ring (bicyclic) bond motifs is 2. The molecule has 1 aliphatic rings. The lowest BCUT2D eigenvalue weighted by atomic mass is 9.73. The molecule has 134 valence electrons. The van der Waals surface area contributed by atoms with Crippen molar-refractivity contribution in [3.63, 3.8) is 0 Å². The first-order valence-electron chi connectivity index (χ1n) is 8.39. The Morgan fingerprint density at radius 2 is 1.37 bits per heavy atom. The van der Waals surface area contributed by atoms with Crippen LogP contribution < -0.4 is 4.74 Å². The van der Waals surface area contributed by atoms with E-state index < -0.39 is 11.7 Å². The summed E-state index contributed by atoms with van der Waals surface area (Å²) in [5.74, 6) is -1.32. The van der Waals surface area contributed by atoms with Gasteiger partial charge in [0.25, 0.3) is 0 Å². The zero-order valence-electron chi connectivity index (χ0n) is 14.5. The van der Waals surface area contributed by atoms with E-state index in [1.54, 1.807) is 55.6 Å². The van der Waals surface area contributed by atoms with Gasteiger partial charge in [-0.05, 0) is 47.5 Å². The van der Waals surface area contributed by atoms with Crippen molar-refractivity contribution in [1.82, 2.24) is 0 Å². The van der Waals surface area contributed by atoms with Gasteiger partial charge in [-0.2, -0.15) is 0 Å². The minimum Gasteiger partial charge on any atom is -0.507 e. The number of benzene rings is 3. The SMILES string of the molecule is COc1ccc(C(=O)C2c3cccc(O)c3C(=O)c3c(O)cccc32)cc1. The summed E-state index contributed by atoms with van der Waals surface area (Å²) in [6, 6.07) is 16.0. The molecule has 4 rings (SSSR count). The minimum absolute atomic E-state index is 0.0540. The molecule has 0 amide bonds. The third-order valence-electron chi connectivity index (χ3n) is 4.86. The predicted molar refractivity (Wildman–Crippen MR) is 98.8 cm³/mol. The van der Waals surface area contributed by atoms with Crippen LogP contribution in [0.3, 0.4) is 0 Å². The molecular formula is C22H16O5. The highest BCUT2D eigenvalue weighted by Gasteiger charge is 2.38. The molecule has 0 heterocycles. The first-order valence-corrected chi connectivity index (χ1v) is 8.39. The summed E-state index contributed by atoms with van der Waals surface area (Å²) >= 11 is 0. The lowest BCUT2D eigenvalue weighted by molar-refractivity contribution is 0.0967. The maximum atomic E-state index is 13.3. The maximum absolute atomic E-state index is 13.3. The predicted octanol–water partition coefficient (Wildman–Crippen LogP) is 3.67. The van der Waals surface area contributed by atoms with Crippen LogP contribution in [0, 0.1) is 0 Å². The molecule has 27 heavy (non-hydrogen) atoms. The zero-order valence-corrected chi connectivity index (χ0v) is 14.5.